The van der Waals surface area contributed by atoms with Gasteiger partial charge in [-0.05, 0) is 42.3 Å². The van der Waals surface area contributed by atoms with Crippen LogP contribution in [0.5, 0.6) is 11.5 Å². The van der Waals surface area contributed by atoms with Gasteiger partial charge in [0.25, 0.3) is 0 Å². The minimum absolute atomic E-state index is 0.299. The third kappa shape index (κ3) is 3.78. The Morgan fingerprint density at radius 1 is 0.931 bits per heavy atom. The summed E-state index contributed by atoms with van der Waals surface area (Å²) in [6.07, 6.45) is -0.963. The molecule has 0 unspecified atom stereocenters. The zero-order chi connectivity index (χ0) is 21.1. The van der Waals surface area contributed by atoms with E-state index in [9.17, 15) is 14.7 Å². The van der Waals surface area contributed by atoms with Crippen molar-refractivity contribution < 1.29 is 28.9 Å². The number of hydrogen-bond acceptors (Lipinski definition) is 6. The van der Waals surface area contributed by atoms with Gasteiger partial charge in [-0.2, -0.15) is 0 Å². The summed E-state index contributed by atoms with van der Waals surface area (Å²) >= 11 is 0. The first-order valence-corrected chi connectivity index (χ1v) is 9.29. The summed E-state index contributed by atoms with van der Waals surface area (Å²) in [5.41, 5.74) is 1.62. The standard InChI is InChI=1S/C22H25NO6/c1-13(24)18-20(22(26)29-4)23(21(18)25)19(14-5-9-16(27-2)10-6-14)15-7-11-17(28-3)12-8-15/h5-13,18-20,24H,1-4H3/t13-,18+,20-/m0/s1. The molecule has 0 radical (unpaired) electrons. The summed E-state index contributed by atoms with van der Waals surface area (Å²) in [6, 6.07) is 13.2. The summed E-state index contributed by atoms with van der Waals surface area (Å²) < 4.78 is 15.4. The highest BCUT2D eigenvalue weighted by molar-refractivity contribution is 5.98. The fraction of sp³-hybridized carbons (Fsp3) is 0.364. The topological polar surface area (TPSA) is 85.3 Å². The number of methoxy groups -OCH3 is 3. The maximum absolute atomic E-state index is 13.0. The molecule has 2 aromatic carbocycles. The first-order chi connectivity index (χ1) is 13.9. The minimum atomic E-state index is -0.963. The number of likely N-dealkylation sites (tertiary alicyclic amines) is 1. The SMILES string of the molecule is COC(=O)[C@@H]1[C@@H]([C@H](C)O)C(=O)N1C(c1ccc(OC)cc1)c1ccc(OC)cc1. The van der Waals surface area contributed by atoms with E-state index in [1.54, 1.807) is 38.5 Å². The quantitative estimate of drug-likeness (QED) is 0.567. The predicted octanol–water partition coefficient (Wildman–Crippen LogP) is 2.17. The fourth-order valence-electron chi connectivity index (χ4n) is 3.76. The molecule has 1 saturated heterocycles. The Bertz CT molecular complexity index is 814. The van der Waals surface area contributed by atoms with Crippen molar-refractivity contribution in [1.29, 1.82) is 0 Å². The van der Waals surface area contributed by atoms with Crippen molar-refractivity contribution in [3.05, 3.63) is 59.7 Å². The Morgan fingerprint density at radius 2 is 1.38 bits per heavy atom. The molecule has 1 amide bonds. The smallest absolute Gasteiger partial charge is 0.329 e. The number of aliphatic hydroxyl groups is 1. The van der Waals surface area contributed by atoms with Gasteiger partial charge in [-0.1, -0.05) is 24.3 Å². The van der Waals surface area contributed by atoms with Crippen molar-refractivity contribution in [1.82, 2.24) is 4.90 Å². The summed E-state index contributed by atoms with van der Waals surface area (Å²) in [5, 5.41) is 10.0. The third-order valence-electron chi connectivity index (χ3n) is 5.28. The Balaban J connectivity index is 2.07. The van der Waals surface area contributed by atoms with Gasteiger partial charge in [0.2, 0.25) is 5.91 Å². The molecular weight excluding hydrogens is 374 g/mol. The number of β-lactam (4-membered cyclic amide) rings is 1. The summed E-state index contributed by atoms with van der Waals surface area (Å²) in [6.45, 7) is 1.51. The lowest BCUT2D eigenvalue weighted by atomic mass is 9.79. The second kappa shape index (κ2) is 8.53. The summed E-state index contributed by atoms with van der Waals surface area (Å²) in [5.74, 6) is -0.317. The molecule has 0 spiro atoms. The second-order valence-electron chi connectivity index (χ2n) is 6.93. The normalized spacial score (nSPS) is 19.5. The fourth-order valence-corrected chi connectivity index (χ4v) is 3.76. The molecule has 0 saturated carbocycles. The van der Waals surface area contributed by atoms with Crippen LogP contribution in [0.3, 0.4) is 0 Å². The van der Waals surface area contributed by atoms with Crippen LogP contribution in [-0.4, -0.2) is 55.4 Å². The number of aliphatic hydroxyl groups excluding tert-OH is 1. The largest absolute Gasteiger partial charge is 0.497 e. The van der Waals surface area contributed by atoms with E-state index in [0.29, 0.717) is 11.5 Å². The van der Waals surface area contributed by atoms with E-state index in [0.717, 1.165) is 11.1 Å². The summed E-state index contributed by atoms with van der Waals surface area (Å²) in [7, 11) is 4.43. The van der Waals surface area contributed by atoms with Crippen molar-refractivity contribution in [2.24, 2.45) is 5.92 Å². The number of esters is 1. The van der Waals surface area contributed by atoms with Gasteiger partial charge in [-0.25, -0.2) is 4.79 Å². The number of hydrogen-bond donors (Lipinski definition) is 1. The summed E-state index contributed by atoms with van der Waals surface area (Å²) in [4.78, 5) is 26.9. The van der Waals surface area contributed by atoms with Crippen LogP contribution in [0, 0.1) is 5.92 Å². The van der Waals surface area contributed by atoms with Crippen LogP contribution in [0.4, 0.5) is 0 Å². The Labute approximate surface area is 169 Å². The maximum atomic E-state index is 13.0. The maximum Gasteiger partial charge on any atom is 0.329 e. The lowest BCUT2D eigenvalue weighted by Crippen LogP contribution is -2.68. The highest BCUT2D eigenvalue weighted by atomic mass is 16.5. The third-order valence-corrected chi connectivity index (χ3v) is 5.28. The van der Waals surface area contributed by atoms with Gasteiger partial charge in [0.05, 0.1) is 39.4 Å². The average Bonchev–Trinajstić information content (AvgIpc) is 2.74. The highest BCUT2D eigenvalue weighted by Gasteiger charge is 2.57. The number of amides is 1. The van der Waals surface area contributed by atoms with Gasteiger partial charge in [0.1, 0.15) is 17.5 Å². The van der Waals surface area contributed by atoms with Crippen LogP contribution in [0.2, 0.25) is 0 Å². The molecule has 7 nitrogen and oxygen atoms in total. The molecule has 0 aliphatic carbocycles. The minimum Gasteiger partial charge on any atom is -0.497 e. The van der Waals surface area contributed by atoms with E-state index < -0.39 is 30.1 Å². The van der Waals surface area contributed by atoms with Crippen LogP contribution in [0.15, 0.2) is 48.5 Å². The van der Waals surface area contributed by atoms with Crippen molar-refractivity contribution in [2.45, 2.75) is 25.1 Å². The Kier molecular flexibility index (Phi) is 6.08. The van der Waals surface area contributed by atoms with Crippen molar-refractivity contribution in [2.75, 3.05) is 21.3 Å². The predicted molar refractivity (Wildman–Crippen MR) is 106 cm³/mol. The van der Waals surface area contributed by atoms with E-state index in [1.165, 1.54) is 18.9 Å². The molecule has 154 valence electrons. The van der Waals surface area contributed by atoms with Crippen LogP contribution >= 0.6 is 0 Å². The Hall–Kier alpha value is -3.06. The second-order valence-corrected chi connectivity index (χ2v) is 6.93. The van der Waals surface area contributed by atoms with Crippen molar-refractivity contribution in [3.8, 4) is 11.5 Å². The zero-order valence-corrected chi connectivity index (χ0v) is 16.9. The van der Waals surface area contributed by atoms with Crippen LogP contribution < -0.4 is 9.47 Å². The van der Waals surface area contributed by atoms with E-state index in [2.05, 4.69) is 0 Å². The van der Waals surface area contributed by atoms with Gasteiger partial charge in [0.15, 0.2) is 0 Å². The molecule has 3 rings (SSSR count). The Morgan fingerprint density at radius 3 is 1.72 bits per heavy atom. The van der Waals surface area contributed by atoms with Gasteiger partial charge < -0.3 is 24.2 Å². The molecule has 0 aromatic heterocycles. The molecule has 1 aliphatic rings. The molecule has 29 heavy (non-hydrogen) atoms. The van der Waals surface area contributed by atoms with E-state index in [-0.39, 0.29) is 5.91 Å². The number of nitrogens with zero attached hydrogens (tertiary/aromatic N) is 1. The van der Waals surface area contributed by atoms with Crippen molar-refractivity contribution in [3.63, 3.8) is 0 Å². The lowest BCUT2D eigenvalue weighted by Gasteiger charge is -2.50. The van der Waals surface area contributed by atoms with Crippen molar-refractivity contribution >= 4 is 11.9 Å². The number of carbonyl (C=O) groups is 2. The first kappa shape index (κ1) is 20.7. The van der Waals surface area contributed by atoms with E-state index in [4.69, 9.17) is 14.2 Å². The van der Waals surface area contributed by atoms with Crippen LogP contribution in [0.1, 0.15) is 24.1 Å². The van der Waals surface area contributed by atoms with E-state index in [1.807, 2.05) is 24.3 Å². The van der Waals surface area contributed by atoms with E-state index >= 15 is 0 Å². The number of ether oxygens (including phenoxy) is 3. The molecule has 2 aromatic rings. The zero-order valence-electron chi connectivity index (χ0n) is 16.9. The number of rotatable bonds is 7. The van der Waals surface area contributed by atoms with Gasteiger partial charge in [0, 0.05) is 0 Å². The number of carbonyl (C=O) groups excluding carboxylic acids is 2. The molecule has 1 N–H and O–H groups in total. The lowest BCUT2D eigenvalue weighted by molar-refractivity contribution is -0.182. The van der Waals surface area contributed by atoms with Gasteiger partial charge in [-0.3, -0.25) is 4.79 Å². The van der Waals surface area contributed by atoms with Gasteiger partial charge >= 0.3 is 5.97 Å². The molecular formula is C22H25NO6. The molecule has 3 atom stereocenters. The first-order valence-electron chi connectivity index (χ1n) is 9.29. The number of benzene rings is 2. The molecule has 1 heterocycles. The van der Waals surface area contributed by atoms with Gasteiger partial charge in [-0.15, -0.1) is 0 Å². The molecule has 0 bridgehead atoms. The average molecular weight is 399 g/mol. The van der Waals surface area contributed by atoms with Crippen LogP contribution in [0.25, 0.3) is 0 Å². The monoisotopic (exact) mass is 399 g/mol. The molecule has 7 heteroatoms. The molecule has 1 aliphatic heterocycles. The molecule has 1 fully saturated rings. The van der Waals surface area contributed by atoms with Crippen LogP contribution in [-0.2, 0) is 14.3 Å². The highest BCUT2D eigenvalue weighted by Crippen LogP contribution is 2.42.